The van der Waals surface area contributed by atoms with Gasteiger partial charge in [0.25, 0.3) is 0 Å². The molecular formula is C21H29NO2. The lowest BCUT2D eigenvalue weighted by molar-refractivity contribution is -0.119. The molecule has 0 aromatic heterocycles. The van der Waals surface area contributed by atoms with Crippen molar-refractivity contribution in [2.45, 2.75) is 64.8 Å². The number of methoxy groups -OCH3 is 1. The van der Waals surface area contributed by atoms with E-state index in [0.29, 0.717) is 0 Å². The number of fused-ring (bicyclic) bond motifs is 1. The van der Waals surface area contributed by atoms with Crippen LogP contribution in [0.25, 0.3) is 5.70 Å². The van der Waals surface area contributed by atoms with Crippen molar-refractivity contribution in [3.05, 3.63) is 34.9 Å². The monoisotopic (exact) mass is 327 g/mol. The summed E-state index contributed by atoms with van der Waals surface area (Å²) in [5.41, 5.74) is 4.45. The molecule has 1 aliphatic carbocycles. The summed E-state index contributed by atoms with van der Waals surface area (Å²) in [4.78, 5) is 12.8. The summed E-state index contributed by atoms with van der Waals surface area (Å²) in [6.07, 6.45) is 8.51. The summed E-state index contributed by atoms with van der Waals surface area (Å²) in [6, 6.07) is 4.28. The molecule has 0 saturated heterocycles. The number of aryl methyl sites for hydroxylation is 1. The number of ether oxygens (including phenoxy) is 1. The van der Waals surface area contributed by atoms with E-state index in [4.69, 9.17) is 4.74 Å². The highest BCUT2D eigenvalue weighted by Gasteiger charge is 2.30. The molecule has 0 radical (unpaired) electrons. The molecule has 2 aliphatic rings. The van der Waals surface area contributed by atoms with Crippen LogP contribution < -0.4 is 10.1 Å². The largest absolute Gasteiger partial charge is 0.496 e. The normalized spacial score (nSPS) is 21.9. The average molecular weight is 327 g/mol. The Morgan fingerprint density at radius 1 is 1.25 bits per heavy atom. The highest BCUT2D eigenvalue weighted by atomic mass is 16.5. The summed E-state index contributed by atoms with van der Waals surface area (Å²) in [6.45, 7) is 6.45. The standard InChI is InChI=1S/C21H29NO2/c1-14-10-16-13-21(2,3)22-18(17(16)11-20(14)24-4)12-19(23)15-8-6-5-7-9-15/h10-12,15,22H,5-9,13H2,1-4H3/b18-12-. The van der Waals surface area contributed by atoms with Crippen molar-refractivity contribution in [1.82, 2.24) is 5.32 Å². The predicted molar refractivity (Wildman–Crippen MR) is 98.2 cm³/mol. The fourth-order valence-electron chi connectivity index (χ4n) is 4.08. The van der Waals surface area contributed by atoms with Gasteiger partial charge in [-0.3, -0.25) is 4.79 Å². The summed E-state index contributed by atoms with van der Waals surface area (Å²) < 4.78 is 5.49. The number of hydrogen-bond donors (Lipinski definition) is 1. The van der Waals surface area contributed by atoms with Crippen LogP contribution in [-0.2, 0) is 11.2 Å². The molecule has 1 fully saturated rings. The SMILES string of the molecule is COc1cc2c(cc1C)CC(C)(C)N/C2=C\C(=O)C1CCCCC1. The minimum Gasteiger partial charge on any atom is -0.496 e. The molecular weight excluding hydrogens is 298 g/mol. The van der Waals surface area contributed by atoms with Gasteiger partial charge in [-0.15, -0.1) is 0 Å². The van der Waals surface area contributed by atoms with Gasteiger partial charge in [0.1, 0.15) is 5.75 Å². The Morgan fingerprint density at radius 3 is 2.62 bits per heavy atom. The number of allylic oxidation sites excluding steroid dienone is 1. The van der Waals surface area contributed by atoms with E-state index in [1.54, 1.807) is 7.11 Å². The zero-order valence-corrected chi connectivity index (χ0v) is 15.4. The van der Waals surface area contributed by atoms with Gasteiger partial charge < -0.3 is 10.1 Å². The second-order valence-electron chi connectivity index (χ2n) is 7.96. The van der Waals surface area contributed by atoms with Crippen LogP contribution in [0, 0.1) is 12.8 Å². The second kappa shape index (κ2) is 6.62. The molecule has 1 aromatic rings. The van der Waals surface area contributed by atoms with Crippen LogP contribution in [0.15, 0.2) is 18.2 Å². The summed E-state index contributed by atoms with van der Waals surface area (Å²) in [5, 5.41) is 3.57. The Kier molecular flexibility index (Phi) is 4.71. The molecule has 0 unspecified atom stereocenters. The fourth-order valence-corrected chi connectivity index (χ4v) is 4.08. The van der Waals surface area contributed by atoms with Crippen molar-refractivity contribution >= 4 is 11.5 Å². The molecule has 3 rings (SSSR count). The van der Waals surface area contributed by atoms with Gasteiger partial charge in [0.05, 0.1) is 7.11 Å². The molecule has 0 spiro atoms. The topological polar surface area (TPSA) is 38.3 Å². The zero-order valence-electron chi connectivity index (χ0n) is 15.4. The first-order valence-electron chi connectivity index (χ1n) is 9.11. The van der Waals surface area contributed by atoms with E-state index in [2.05, 4.69) is 38.2 Å². The molecule has 3 nitrogen and oxygen atoms in total. The lowest BCUT2D eigenvalue weighted by atomic mass is 9.82. The van der Waals surface area contributed by atoms with E-state index in [0.717, 1.165) is 41.8 Å². The van der Waals surface area contributed by atoms with Crippen molar-refractivity contribution < 1.29 is 9.53 Å². The molecule has 0 amide bonds. The molecule has 0 bridgehead atoms. The number of carbonyl (C=O) groups is 1. The summed E-state index contributed by atoms with van der Waals surface area (Å²) in [7, 11) is 1.70. The molecule has 1 N–H and O–H groups in total. The molecule has 24 heavy (non-hydrogen) atoms. The van der Waals surface area contributed by atoms with Crippen LogP contribution in [0.2, 0.25) is 0 Å². The Morgan fingerprint density at radius 2 is 1.96 bits per heavy atom. The molecule has 0 atom stereocenters. The van der Waals surface area contributed by atoms with Crippen molar-refractivity contribution in [2.75, 3.05) is 7.11 Å². The molecule has 1 saturated carbocycles. The number of nitrogens with one attached hydrogen (secondary N) is 1. The second-order valence-corrected chi connectivity index (χ2v) is 7.96. The third kappa shape index (κ3) is 3.50. The Balaban J connectivity index is 1.98. The number of ketones is 1. The van der Waals surface area contributed by atoms with E-state index in [-0.39, 0.29) is 17.2 Å². The van der Waals surface area contributed by atoms with Crippen molar-refractivity contribution in [2.24, 2.45) is 5.92 Å². The lowest BCUT2D eigenvalue weighted by Crippen LogP contribution is -2.44. The number of hydrogen-bond acceptors (Lipinski definition) is 3. The molecule has 130 valence electrons. The number of carbonyl (C=O) groups excluding carboxylic acids is 1. The van der Waals surface area contributed by atoms with Gasteiger partial charge in [0.2, 0.25) is 0 Å². The van der Waals surface area contributed by atoms with E-state index < -0.39 is 0 Å². The van der Waals surface area contributed by atoms with Gasteiger partial charge in [0.15, 0.2) is 5.78 Å². The maximum Gasteiger partial charge on any atom is 0.160 e. The molecule has 1 heterocycles. The van der Waals surface area contributed by atoms with Crippen molar-refractivity contribution in [3.8, 4) is 5.75 Å². The number of benzene rings is 1. The Labute approximate surface area is 145 Å². The van der Waals surface area contributed by atoms with Gasteiger partial charge in [0, 0.05) is 28.8 Å². The van der Waals surface area contributed by atoms with Gasteiger partial charge in [-0.2, -0.15) is 0 Å². The Bertz CT molecular complexity index is 667. The third-order valence-electron chi connectivity index (χ3n) is 5.31. The van der Waals surface area contributed by atoms with Crippen molar-refractivity contribution in [1.29, 1.82) is 0 Å². The number of rotatable bonds is 3. The quantitative estimate of drug-likeness (QED) is 0.835. The van der Waals surface area contributed by atoms with Crippen LogP contribution >= 0.6 is 0 Å². The minimum absolute atomic E-state index is 0.0489. The van der Waals surface area contributed by atoms with Crippen LogP contribution in [0.3, 0.4) is 0 Å². The Hall–Kier alpha value is -1.77. The van der Waals surface area contributed by atoms with E-state index in [1.165, 1.54) is 24.8 Å². The van der Waals surface area contributed by atoms with Gasteiger partial charge in [-0.05, 0) is 57.2 Å². The van der Waals surface area contributed by atoms with Crippen molar-refractivity contribution in [3.63, 3.8) is 0 Å². The average Bonchev–Trinajstić information content (AvgIpc) is 2.54. The minimum atomic E-state index is -0.0489. The third-order valence-corrected chi connectivity index (χ3v) is 5.31. The molecule has 1 aromatic carbocycles. The molecule has 3 heteroatoms. The highest BCUT2D eigenvalue weighted by Crippen LogP contribution is 2.35. The van der Waals surface area contributed by atoms with Crippen LogP contribution in [-0.4, -0.2) is 18.4 Å². The first-order chi connectivity index (χ1) is 11.4. The van der Waals surface area contributed by atoms with Gasteiger partial charge in [-0.1, -0.05) is 25.3 Å². The lowest BCUT2D eigenvalue weighted by Gasteiger charge is -2.36. The van der Waals surface area contributed by atoms with E-state index in [1.807, 2.05) is 6.08 Å². The zero-order chi connectivity index (χ0) is 17.3. The van der Waals surface area contributed by atoms with Crippen LogP contribution in [0.1, 0.15) is 62.6 Å². The van der Waals surface area contributed by atoms with E-state index >= 15 is 0 Å². The molecule has 1 aliphatic heterocycles. The first kappa shape index (κ1) is 17.1. The summed E-state index contributed by atoms with van der Waals surface area (Å²) >= 11 is 0. The highest BCUT2D eigenvalue weighted by molar-refractivity contribution is 5.98. The predicted octanol–water partition coefficient (Wildman–Crippen LogP) is 4.42. The van der Waals surface area contributed by atoms with Gasteiger partial charge >= 0.3 is 0 Å². The van der Waals surface area contributed by atoms with Crippen LogP contribution in [0.5, 0.6) is 5.75 Å². The maximum atomic E-state index is 12.8. The van der Waals surface area contributed by atoms with Gasteiger partial charge in [-0.25, -0.2) is 0 Å². The van der Waals surface area contributed by atoms with Crippen LogP contribution in [0.4, 0.5) is 0 Å². The van der Waals surface area contributed by atoms with E-state index in [9.17, 15) is 4.79 Å². The maximum absolute atomic E-state index is 12.8. The fraction of sp³-hybridized carbons (Fsp3) is 0.571. The smallest absolute Gasteiger partial charge is 0.160 e. The summed E-state index contributed by atoms with van der Waals surface area (Å²) in [5.74, 6) is 1.36. The first-order valence-corrected chi connectivity index (χ1v) is 9.11.